The molecule has 7 nitrogen and oxygen atoms in total. The van der Waals surface area contributed by atoms with E-state index in [1.807, 2.05) is 50.2 Å². The third kappa shape index (κ3) is 13.4. The Morgan fingerprint density at radius 3 is 1.52 bits per heavy atom. The van der Waals surface area contributed by atoms with Gasteiger partial charge in [0.25, 0.3) is 0 Å². The summed E-state index contributed by atoms with van der Waals surface area (Å²) in [5.74, 6) is -0.0294. The second-order valence-electron chi connectivity index (χ2n) is 5.49. The van der Waals surface area contributed by atoms with Gasteiger partial charge in [0.1, 0.15) is 0 Å². The van der Waals surface area contributed by atoms with Gasteiger partial charge in [-0.3, -0.25) is 4.79 Å². The summed E-state index contributed by atoms with van der Waals surface area (Å²) in [6, 6.07) is 11.8. The molecular formula is C20H24N2O5. The number of benzene rings is 2. The number of nitrogens with two attached hydrogens (primary N) is 1. The van der Waals surface area contributed by atoms with Crippen LogP contribution in [0.25, 0.3) is 0 Å². The van der Waals surface area contributed by atoms with Crippen molar-refractivity contribution in [3.63, 3.8) is 0 Å². The molecule has 0 saturated heterocycles. The molecule has 0 saturated carbocycles. The lowest BCUT2D eigenvalue weighted by molar-refractivity contribution is -0.193. The van der Waals surface area contributed by atoms with E-state index in [9.17, 15) is 4.79 Å². The summed E-state index contributed by atoms with van der Waals surface area (Å²) in [4.78, 5) is 43.2. The van der Waals surface area contributed by atoms with Gasteiger partial charge in [-0.15, -0.1) is 0 Å². The standard InChI is InChI=1S/C10H13NO.C8H11N.2CO2/c1-7-4-5-10(6-8(7)2)11-9(3)12;1-6-3-4-8(9)5-7(6)2;2*2-1-3/h4-6H,1-3H3,(H,11,12);3-5H,9H2,1-2H3;;. The molecule has 0 spiro atoms. The van der Waals surface area contributed by atoms with Crippen LogP contribution in [0.1, 0.15) is 29.2 Å². The first-order chi connectivity index (χ1) is 12.6. The molecule has 0 aliphatic carbocycles. The average Bonchev–Trinajstić information content (AvgIpc) is 2.56. The summed E-state index contributed by atoms with van der Waals surface area (Å²) in [6.45, 7) is 9.73. The number of carbonyl (C=O) groups is 1. The molecule has 0 aliphatic heterocycles. The summed E-state index contributed by atoms with van der Waals surface area (Å²) in [5, 5.41) is 2.73. The molecule has 7 heteroatoms. The van der Waals surface area contributed by atoms with Crippen molar-refractivity contribution in [3.05, 3.63) is 58.7 Å². The Morgan fingerprint density at radius 1 is 0.778 bits per heavy atom. The van der Waals surface area contributed by atoms with Crippen molar-refractivity contribution in [1.82, 2.24) is 0 Å². The SMILES string of the molecule is CC(=O)Nc1ccc(C)c(C)c1.Cc1ccc(N)cc1C.O=C=O.O=C=O. The van der Waals surface area contributed by atoms with Crippen LogP contribution in [0.5, 0.6) is 0 Å². The average molecular weight is 372 g/mol. The highest BCUT2D eigenvalue weighted by molar-refractivity contribution is 5.88. The molecule has 0 aromatic heterocycles. The number of carbonyl (C=O) groups excluding carboxylic acids is 5. The van der Waals surface area contributed by atoms with Crippen LogP contribution in [0.4, 0.5) is 11.4 Å². The Kier molecular flexibility index (Phi) is 14.1. The summed E-state index contributed by atoms with van der Waals surface area (Å²) in [5.41, 5.74) is 12.2. The zero-order valence-electron chi connectivity index (χ0n) is 16.1. The number of amides is 1. The Bertz CT molecular complexity index is 792. The first-order valence-corrected chi connectivity index (χ1v) is 7.79. The monoisotopic (exact) mass is 372 g/mol. The van der Waals surface area contributed by atoms with E-state index < -0.39 is 0 Å². The smallest absolute Gasteiger partial charge is 0.373 e. The quantitative estimate of drug-likeness (QED) is 0.742. The van der Waals surface area contributed by atoms with Crippen LogP contribution in [0.15, 0.2) is 36.4 Å². The van der Waals surface area contributed by atoms with Gasteiger partial charge < -0.3 is 11.1 Å². The van der Waals surface area contributed by atoms with Gasteiger partial charge in [0, 0.05) is 18.3 Å². The van der Waals surface area contributed by atoms with Gasteiger partial charge in [0.15, 0.2) is 0 Å². The van der Waals surface area contributed by atoms with E-state index in [1.54, 1.807) is 0 Å². The molecule has 27 heavy (non-hydrogen) atoms. The van der Waals surface area contributed by atoms with Gasteiger partial charge >= 0.3 is 12.3 Å². The zero-order valence-corrected chi connectivity index (χ0v) is 16.1. The van der Waals surface area contributed by atoms with Crippen molar-refractivity contribution in [2.45, 2.75) is 34.6 Å². The topological polar surface area (TPSA) is 123 Å². The molecule has 0 radical (unpaired) electrons. The van der Waals surface area contributed by atoms with E-state index in [0.717, 1.165) is 11.4 Å². The Morgan fingerprint density at radius 2 is 1.19 bits per heavy atom. The van der Waals surface area contributed by atoms with Crippen LogP contribution in [0.3, 0.4) is 0 Å². The summed E-state index contributed by atoms with van der Waals surface area (Å²) < 4.78 is 0. The van der Waals surface area contributed by atoms with Crippen molar-refractivity contribution < 1.29 is 24.0 Å². The molecule has 0 atom stereocenters. The van der Waals surface area contributed by atoms with E-state index in [2.05, 4.69) is 19.2 Å². The summed E-state index contributed by atoms with van der Waals surface area (Å²) >= 11 is 0. The maximum absolute atomic E-state index is 10.7. The molecule has 3 N–H and O–H groups in total. The number of hydrogen-bond acceptors (Lipinski definition) is 6. The normalized spacial score (nSPS) is 8.04. The molecule has 0 aliphatic rings. The van der Waals surface area contributed by atoms with Crippen LogP contribution in [-0.2, 0) is 24.0 Å². The minimum absolute atomic E-state index is 0.0294. The number of nitrogens with one attached hydrogen (secondary N) is 1. The fourth-order valence-corrected chi connectivity index (χ4v) is 1.79. The van der Waals surface area contributed by atoms with Gasteiger partial charge in [-0.2, -0.15) is 19.2 Å². The molecule has 0 bridgehead atoms. The lowest BCUT2D eigenvalue weighted by atomic mass is 10.1. The third-order valence-electron chi connectivity index (χ3n) is 3.36. The van der Waals surface area contributed by atoms with Crippen molar-refractivity contribution in [3.8, 4) is 0 Å². The van der Waals surface area contributed by atoms with Crippen LogP contribution in [0.2, 0.25) is 0 Å². The fraction of sp³-hybridized carbons (Fsp3) is 0.250. The molecule has 1 amide bonds. The minimum atomic E-state index is -0.0294. The van der Waals surface area contributed by atoms with Crippen molar-refractivity contribution in [2.24, 2.45) is 0 Å². The predicted molar refractivity (Wildman–Crippen MR) is 101 cm³/mol. The second kappa shape index (κ2) is 14.8. The Labute approximate surface area is 158 Å². The number of aryl methyl sites for hydroxylation is 4. The molecular weight excluding hydrogens is 348 g/mol. The Balaban J connectivity index is 0. The zero-order chi connectivity index (χ0) is 21.4. The van der Waals surface area contributed by atoms with Crippen molar-refractivity contribution >= 4 is 29.6 Å². The largest absolute Gasteiger partial charge is 0.399 e. The molecule has 2 aromatic carbocycles. The first kappa shape index (κ1) is 25.7. The molecule has 144 valence electrons. The van der Waals surface area contributed by atoms with Crippen molar-refractivity contribution in [1.29, 1.82) is 0 Å². The van der Waals surface area contributed by atoms with E-state index in [0.29, 0.717) is 0 Å². The van der Waals surface area contributed by atoms with Gasteiger partial charge in [0.2, 0.25) is 5.91 Å². The van der Waals surface area contributed by atoms with E-state index in [-0.39, 0.29) is 18.2 Å². The second-order valence-corrected chi connectivity index (χ2v) is 5.49. The maximum Gasteiger partial charge on any atom is 0.373 e. The minimum Gasteiger partial charge on any atom is -0.399 e. The van der Waals surface area contributed by atoms with Gasteiger partial charge in [-0.25, -0.2) is 0 Å². The number of nitrogen functional groups attached to an aromatic ring is 1. The predicted octanol–water partition coefficient (Wildman–Crippen LogP) is 2.98. The van der Waals surface area contributed by atoms with E-state index in [1.165, 1.54) is 29.2 Å². The van der Waals surface area contributed by atoms with E-state index in [4.69, 9.17) is 24.9 Å². The van der Waals surface area contributed by atoms with Gasteiger partial charge in [-0.05, 0) is 74.2 Å². The van der Waals surface area contributed by atoms with Crippen LogP contribution < -0.4 is 11.1 Å². The molecule has 0 heterocycles. The fourth-order valence-electron chi connectivity index (χ4n) is 1.79. The number of anilines is 2. The van der Waals surface area contributed by atoms with Crippen molar-refractivity contribution in [2.75, 3.05) is 11.1 Å². The molecule has 0 unspecified atom stereocenters. The van der Waals surface area contributed by atoms with Crippen LogP contribution >= 0.6 is 0 Å². The molecule has 2 rings (SSSR count). The van der Waals surface area contributed by atoms with Gasteiger partial charge in [-0.1, -0.05) is 12.1 Å². The lowest BCUT2D eigenvalue weighted by Gasteiger charge is -2.04. The van der Waals surface area contributed by atoms with Crippen LogP contribution in [0, 0.1) is 27.7 Å². The Hall–Kier alpha value is -3.53. The lowest BCUT2D eigenvalue weighted by Crippen LogP contribution is -2.05. The van der Waals surface area contributed by atoms with Crippen LogP contribution in [-0.4, -0.2) is 18.2 Å². The first-order valence-electron chi connectivity index (χ1n) is 7.79. The third-order valence-corrected chi connectivity index (χ3v) is 3.36. The highest BCUT2D eigenvalue weighted by atomic mass is 16.2. The van der Waals surface area contributed by atoms with E-state index >= 15 is 0 Å². The highest BCUT2D eigenvalue weighted by Crippen LogP contribution is 2.13. The van der Waals surface area contributed by atoms with Gasteiger partial charge in [0.05, 0.1) is 0 Å². The summed E-state index contributed by atoms with van der Waals surface area (Å²) in [7, 11) is 0. The maximum atomic E-state index is 10.7. The number of rotatable bonds is 1. The highest BCUT2D eigenvalue weighted by Gasteiger charge is 1.96. The summed E-state index contributed by atoms with van der Waals surface area (Å²) in [6.07, 6.45) is 0.500. The molecule has 0 fully saturated rings. The number of hydrogen-bond donors (Lipinski definition) is 2. The molecule has 2 aromatic rings.